The van der Waals surface area contributed by atoms with Crippen molar-refractivity contribution >= 4 is 18.3 Å². The molecule has 0 fully saturated rings. The van der Waals surface area contributed by atoms with E-state index in [0.717, 1.165) is 6.41 Å². The highest BCUT2D eigenvalue weighted by Gasteiger charge is 2.33. The lowest BCUT2D eigenvalue weighted by Gasteiger charge is -2.34. The van der Waals surface area contributed by atoms with Crippen LogP contribution in [0.2, 0.25) is 0 Å². The minimum atomic E-state index is -0.531. The second-order valence-electron chi connectivity index (χ2n) is 9.67. The fourth-order valence-electron chi connectivity index (χ4n) is 4.41. The van der Waals surface area contributed by atoms with Crippen LogP contribution in [0.5, 0.6) is 0 Å². The number of ether oxygens (including phenoxy) is 4. The van der Waals surface area contributed by atoms with E-state index in [-0.39, 0.29) is 47.8 Å². The lowest BCUT2D eigenvalue weighted by Crippen LogP contribution is -2.38. The summed E-state index contributed by atoms with van der Waals surface area (Å²) in [4.78, 5) is 36.8. The van der Waals surface area contributed by atoms with Crippen molar-refractivity contribution in [1.82, 2.24) is 4.90 Å². The highest BCUT2D eigenvalue weighted by Crippen LogP contribution is 2.29. The molecule has 210 valence electrons. The lowest BCUT2D eigenvalue weighted by atomic mass is 9.84. The smallest absolute Gasteiger partial charge is 0.374 e. The Balaban J connectivity index is 2.99. The second kappa shape index (κ2) is 17.0. The van der Waals surface area contributed by atoms with Gasteiger partial charge in [0, 0.05) is 52.1 Å². The molecular formula is C28H45NO8. The van der Waals surface area contributed by atoms with Gasteiger partial charge in [0.05, 0.1) is 18.5 Å². The van der Waals surface area contributed by atoms with Crippen molar-refractivity contribution in [3.05, 3.63) is 36.4 Å². The summed E-state index contributed by atoms with van der Waals surface area (Å²) in [6, 6.07) is 3.21. The summed E-state index contributed by atoms with van der Waals surface area (Å²) in [5.41, 5.74) is 0. The van der Waals surface area contributed by atoms with Gasteiger partial charge in [-0.15, -0.1) is 0 Å². The molecule has 0 aromatic carbocycles. The van der Waals surface area contributed by atoms with Crippen molar-refractivity contribution in [3.8, 4) is 0 Å². The molecule has 37 heavy (non-hydrogen) atoms. The van der Waals surface area contributed by atoms with Gasteiger partial charge in [0.2, 0.25) is 12.2 Å². The van der Waals surface area contributed by atoms with Gasteiger partial charge in [0.1, 0.15) is 12.2 Å². The second-order valence-corrected chi connectivity index (χ2v) is 9.67. The van der Waals surface area contributed by atoms with Crippen LogP contribution in [0.1, 0.15) is 70.9 Å². The molecule has 0 unspecified atom stereocenters. The Morgan fingerprint density at radius 1 is 1.05 bits per heavy atom. The lowest BCUT2D eigenvalue weighted by molar-refractivity contribution is -0.149. The Morgan fingerprint density at radius 3 is 2.30 bits per heavy atom. The van der Waals surface area contributed by atoms with Crippen molar-refractivity contribution < 1.29 is 37.7 Å². The summed E-state index contributed by atoms with van der Waals surface area (Å²) in [5, 5.41) is 0. The minimum absolute atomic E-state index is 0.0505. The zero-order chi connectivity index (χ0) is 28.0. The molecule has 9 heteroatoms. The molecule has 0 saturated heterocycles. The van der Waals surface area contributed by atoms with E-state index in [1.54, 1.807) is 46.5 Å². The van der Waals surface area contributed by atoms with Crippen LogP contribution in [-0.4, -0.2) is 68.9 Å². The summed E-state index contributed by atoms with van der Waals surface area (Å²) in [6.07, 6.45) is 6.80. The molecule has 1 aromatic rings. The van der Waals surface area contributed by atoms with E-state index in [0.29, 0.717) is 25.7 Å². The number of amides is 1. The van der Waals surface area contributed by atoms with Crippen molar-refractivity contribution in [3.63, 3.8) is 0 Å². The number of rotatable bonds is 18. The van der Waals surface area contributed by atoms with E-state index >= 15 is 0 Å². The number of hydrogen-bond acceptors (Lipinski definition) is 8. The highest BCUT2D eigenvalue weighted by atomic mass is 16.6. The molecule has 0 bridgehead atoms. The quantitative estimate of drug-likeness (QED) is 0.199. The van der Waals surface area contributed by atoms with Crippen LogP contribution in [0, 0.1) is 17.8 Å². The van der Waals surface area contributed by atoms with Gasteiger partial charge in [-0.3, -0.25) is 9.59 Å². The van der Waals surface area contributed by atoms with E-state index in [1.807, 2.05) is 26.8 Å². The highest BCUT2D eigenvalue weighted by molar-refractivity contribution is 5.86. The van der Waals surface area contributed by atoms with Gasteiger partial charge in [-0.05, 0) is 37.8 Å². The predicted octanol–water partition coefficient (Wildman–Crippen LogP) is 4.86. The molecule has 0 spiro atoms. The number of furan rings is 1. The molecule has 0 aliphatic carbocycles. The Bertz CT molecular complexity index is 824. The predicted molar refractivity (Wildman–Crippen MR) is 140 cm³/mol. The molecule has 7 atom stereocenters. The van der Waals surface area contributed by atoms with E-state index in [4.69, 9.17) is 23.4 Å². The third-order valence-electron chi connectivity index (χ3n) is 6.70. The number of methoxy groups -OCH3 is 2. The first-order valence-electron chi connectivity index (χ1n) is 12.9. The van der Waals surface area contributed by atoms with Gasteiger partial charge < -0.3 is 28.3 Å². The van der Waals surface area contributed by atoms with Gasteiger partial charge in [0.15, 0.2) is 0 Å². The third kappa shape index (κ3) is 11.1. The summed E-state index contributed by atoms with van der Waals surface area (Å²) < 4.78 is 28.1. The molecule has 0 aliphatic heterocycles. The van der Waals surface area contributed by atoms with E-state index < -0.39 is 12.1 Å². The van der Waals surface area contributed by atoms with Crippen LogP contribution >= 0.6 is 0 Å². The van der Waals surface area contributed by atoms with Gasteiger partial charge in [-0.25, -0.2) is 4.79 Å². The van der Waals surface area contributed by atoms with Crippen molar-refractivity contribution in [2.45, 2.75) is 84.7 Å². The molecule has 1 rings (SSSR count). The normalized spacial score (nSPS) is 17.3. The van der Waals surface area contributed by atoms with Crippen molar-refractivity contribution in [2.24, 2.45) is 17.8 Å². The number of carbonyl (C=O) groups excluding carboxylic acids is 3. The maximum Gasteiger partial charge on any atom is 0.374 e. The molecule has 0 N–H and O–H groups in total. The Morgan fingerprint density at radius 2 is 1.76 bits per heavy atom. The van der Waals surface area contributed by atoms with Crippen molar-refractivity contribution in [2.75, 3.05) is 21.3 Å². The van der Waals surface area contributed by atoms with Gasteiger partial charge in [-0.1, -0.05) is 33.8 Å². The number of nitrogens with zero attached hydrogens (tertiary/aromatic N) is 1. The molecule has 1 amide bonds. The Labute approximate surface area is 221 Å². The average Bonchev–Trinajstić information content (AvgIpc) is 3.43. The molecular weight excluding hydrogens is 478 g/mol. The zero-order valence-electron chi connectivity index (χ0n) is 23.5. The maximum absolute atomic E-state index is 12.8. The zero-order valence-corrected chi connectivity index (χ0v) is 23.5. The molecule has 1 heterocycles. The van der Waals surface area contributed by atoms with E-state index in [2.05, 4.69) is 6.92 Å². The van der Waals surface area contributed by atoms with Gasteiger partial charge >= 0.3 is 11.9 Å². The third-order valence-corrected chi connectivity index (χ3v) is 6.70. The summed E-state index contributed by atoms with van der Waals surface area (Å²) in [5.74, 6) is -0.725. The van der Waals surface area contributed by atoms with E-state index in [1.165, 1.54) is 11.2 Å². The average molecular weight is 524 g/mol. The van der Waals surface area contributed by atoms with E-state index in [9.17, 15) is 14.4 Å². The first-order chi connectivity index (χ1) is 17.6. The van der Waals surface area contributed by atoms with Crippen molar-refractivity contribution in [1.29, 1.82) is 0 Å². The first kappa shape index (κ1) is 32.4. The van der Waals surface area contributed by atoms with Gasteiger partial charge in [0.25, 0.3) is 0 Å². The molecule has 0 aliphatic rings. The summed E-state index contributed by atoms with van der Waals surface area (Å²) in [7, 11) is 4.94. The van der Waals surface area contributed by atoms with Crippen LogP contribution in [-0.2, 0) is 28.5 Å². The standard InChI is InChI=1S/C28H45NO8/c1-9-26(31)36-21(4)17-25(33-7)19(2)12-13-23(37-28(32)24-11-10-16-35-24)22(5)27(34-8)20(3)14-15-29(6)18-30/h10-11,14-16,18-23,25,27H,9,12-13,17H2,1-8H3/b15-14+/t19-,20+,21+,22-,23+,25-,27+/m0/s1. The Kier molecular flexibility index (Phi) is 14.9. The van der Waals surface area contributed by atoms with Gasteiger partial charge in [-0.2, -0.15) is 0 Å². The molecule has 9 nitrogen and oxygen atoms in total. The van der Waals surface area contributed by atoms with Crippen LogP contribution < -0.4 is 0 Å². The molecule has 0 radical (unpaired) electrons. The monoisotopic (exact) mass is 523 g/mol. The fourth-order valence-corrected chi connectivity index (χ4v) is 4.41. The Hall–Kier alpha value is -2.65. The molecule has 0 saturated carbocycles. The van der Waals surface area contributed by atoms with Crippen LogP contribution in [0.4, 0.5) is 0 Å². The fraction of sp³-hybridized carbons (Fsp3) is 0.679. The number of hydrogen-bond donors (Lipinski definition) is 0. The number of esters is 2. The SMILES string of the molecule is CCC(=O)O[C@H](C)C[C@H](OC)[C@@H](C)CC[C@@H](OC(=O)c1ccco1)[C@H](C)[C@H](OC)[C@H](C)/C=C/N(C)C=O. The topological polar surface area (TPSA) is 105 Å². The largest absolute Gasteiger partial charge is 0.463 e. The molecule has 1 aromatic heterocycles. The van der Waals surface area contributed by atoms with Crippen LogP contribution in [0.15, 0.2) is 35.1 Å². The van der Waals surface area contributed by atoms with Crippen LogP contribution in [0.3, 0.4) is 0 Å². The van der Waals surface area contributed by atoms with Crippen LogP contribution in [0.25, 0.3) is 0 Å². The number of carbonyl (C=O) groups is 3. The first-order valence-corrected chi connectivity index (χ1v) is 12.9. The summed E-state index contributed by atoms with van der Waals surface area (Å²) in [6.45, 7) is 9.69. The summed E-state index contributed by atoms with van der Waals surface area (Å²) >= 11 is 0. The maximum atomic E-state index is 12.8. The minimum Gasteiger partial charge on any atom is -0.463 e.